The number of nitrogens with zero attached hydrogens (tertiary/aromatic N) is 1. The number of anilines is 1. The molecule has 0 aromatic heterocycles. The summed E-state index contributed by atoms with van der Waals surface area (Å²) in [5.74, 6) is 2.05. The Balaban J connectivity index is 1.44. The van der Waals surface area contributed by atoms with Crippen LogP contribution in [0.4, 0.5) is 5.69 Å². The zero-order chi connectivity index (χ0) is 18.2. The zero-order valence-corrected chi connectivity index (χ0v) is 16.2. The smallest absolute Gasteiger partial charge is 0.119 e. The molecule has 1 atom stereocenters. The number of para-hydroxylation sites is 1. The van der Waals surface area contributed by atoms with E-state index in [-0.39, 0.29) is 6.23 Å². The molecule has 2 aromatic carbocycles. The van der Waals surface area contributed by atoms with Gasteiger partial charge in [0.25, 0.3) is 0 Å². The lowest BCUT2D eigenvalue weighted by Crippen LogP contribution is -2.33. The molecule has 26 heavy (non-hydrogen) atoms. The lowest BCUT2D eigenvalue weighted by Gasteiger charge is -2.30. The Labute approximate surface area is 160 Å². The Morgan fingerprint density at radius 3 is 2.77 bits per heavy atom. The highest BCUT2D eigenvalue weighted by molar-refractivity contribution is 7.99. The van der Waals surface area contributed by atoms with E-state index in [0.29, 0.717) is 13.2 Å². The molecular weight excluding hydrogens is 344 g/mol. The van der Waals surface area contributed by atoms with E-state index in [4.69, 9.17) is 15.2 Å². The van der Waals surface area contributed by atoms with E-state index in [1.54, 1.807) is 0 Å². The van der Waals surface area contributed by atoms with Crippen LogP contribution in [0.3, 0.4) is 0 Å². The predicted octanol–water partition coefficient (Wildman–Crippen LogP) is 3.93. The number of nitrogens with two attached hydrogens (primary N) is 1. The van der Waals surface area contributed by atoms with Crippen LogP contribution in [-0.2, 0) is 11.2 Å². The van der Waals surface area contributed by atoms with Crippen molar-refractivity contribution in [2.45, 2.75) is 30.9 Å². The number of fused-ring (bicyclic) bond motifs is 1. The highest BCUT2D eigenvalue weighted by Crippen LogP contribution is 2.33. The van der Waals surface area contributed by atoms with Crippen molar-refractivity contribution in [3.05, 3.63) is 54.1 Å². The quantitative estimate of drug-likeness (QED) is 0.676. The molecule has 0 saturated heterocycles. The maximum absolute atomic E-state index is 5.95. The molecule has 0 spiro atoms. The Morgan fingerprint density at radius 2 is 1.96 bits per heavy atom. The fourth-order valence-electron chi connectivity index (χ4n) is 3.09. The molecule has 1 unspecified atom stereocenters. The van der Waals surface area contributed by atoms with Crippen LogP contribution in [0, 0.1) is 0 Å². The Hall–Kier alpha value is -1.69. The van der Waals surface area contributed by atoms with Crippen molar-refractivity contribution in [3.8, 4) is 5.75 Å². The van der Waals surface area contributed by atoms with Crippen molar-refractivity contribution in [3.63, 3.8) is 0 Å². The van der Waals surface area contributed by atoms with Crippen LogP contribution in [0.25, 0.3) is 0 Å². The van der Waals surface area contributed by atoms with Gasteiger partial charge in [0, 0.05) is 23.8 Å². The average Bonchev–Trinajstić information content (AvgIpc) is 2.68. The van der Waals surface area contributed by atoms with Crippen molar-refractivity contribution in [2.75, 3.05) is 37.0 Å². The van der Waals surface area contributed by atoms with E-state index in [1.807, 2.05) is 30.8 Å². The molecule has 0 radical (unpaired) electrons. The lowest BCUT2D eigenvalue weighted by molar-refractivity contribution is 0.0619. The second-order valence-corrected chi connectivity index (χ2v) is 7.46. The number of ether oxygens (including phenoxy) is 2. The van der Waals surface area contributed by atoms with Crippen molar-refractivity contribution in [1.82, 2.24) is 0 Å². The molecule has 0 amide bonds. The molecule has 2 aromatic rings. The molecule has 1 heterocycles. The number of benzene rings is 2. The van der Waals surface area contributed by atoms with Gasteiger partial charge in [-0.05, 0) is 49.6 Å². The number of thioether (sulfide) groups is 1. The van der Waals surface area contributed by atoms with Crippen molar-refractivity contribution >= 4 is 17.4 Å². The van der Waals surface area contributed by atoms with Gasteiger partial charge >= 0.3 is 0 Å². The number of hydrogen-bond donors (Lipinski definition) is 1. The number of aryl methyl sites for hydroxylation is 1. The molecule has 140 valence electrons. The molecule has 3 rings (SSSR count). The third-order valence-corrected chi connectivity index (χ3v) is 5.52. The summed E-state index contributed by atoms with van der Waals surface area (Å²) in [5, 5.41) is 0. The largest absolute Gasteiger partial charge is 0.492 e. The highest BCUT2D eigenvalue weighted by Gasteiger charge is 2.16. The molecule has 0 fully saturated rings. The average molecular weight is 373 g/mol. The third-order valence-electron chi connectivity index (χ3n) is 4.48. The molecule has 1 aliphatic rings. The van der Waals surface area contributed by atoms with Crippen molar-refractivity contribution in [2.24, 2.45) is 5.73 Å². The minimum Gasteiger partial charge on any atom is -0.492 e. The Bertz CT molecular complexity index is 678. The number of rotatable bonds is 9. The van der Waals surface area contributed by atoms with Gasteiger partial charge in [-0.2, -0.15) is 0 Å². The van der Waals surface area contributed by atoms with E-state index in [2.05, 4.69) is 41.3 Å². The van der Waals surface area contributed by atoms with E-state index in [0.717, 1.165) is 37.4 Å². The van der Waals surface area contributed by atoms with Gasteiger partial charge in [0.2, 0.25) is 0 Å². The first-order valence-electron chi connectivity index (χ1n) is 9.32. The van der Waals surface area contributed by atoms with Crippen molar-refractivity contribution < 1.29 is 9.47 Å². The molecular formula is C21H28N2O2S. The van der Waals surface area contributed by atoms with Crippen LogP contribution in [-0.4, -0.2) is 38.3 Å². The van der Waals surface area contributed by atoms with Crippen LogP contribution < -0.4 is 15.4 Å². The first kappa shape index (κ1) is 19.1. The summed E-state index contributed by atoms with van der Waals surface area (Å²) in [7, 11) is 0. The zero-order valence-electron chi connectivity index (χ0n) is 15.4. The lowest BCUT2D eigenvalue weighted by atomic mass is 10.1. The maximum atomic E-state index is 5.95. The Kier molecular flexibility index (Phi) is 7.23. The molecule has 2 N–H and O–H groups in total. The fraction of sp³-hybridized carbons (Fsp3) is 0.429. The van der Waals surface area contributed by atoms with Crippen LogP contribution in [0.1, 0.15) is 18.9 Å². The van der Waals surface area contributed by atoms with Crippen LogP contribution >= 0.6 is 11.8 Å². The summed E-state index contributed by atoms with van der Waals surface area (Å²) in [6, 6.07) is 16.9. The van der Waals surface area contributed by atoms with Gasteiger partial charge < -0.3 is 20.1 Å². The van der Waals surface area contributed by atoms with Gasteiger partial charge in [0.1, 0.15) is 18.6 Å². The number of hydrogen-bond acceptors (Lipinski definition) is 5. The molecule has 0 saturated carbocycles. The summed E-state index contributed by atoms with van der Waals surface area (Å²) in [6.07, 6.45) is 1.57. The second-order valence-electron chi connectivity index (χ2n) is 6.33. The van der Waals surface area contributed by atoms with Gasteiger partial charge in [-0.1, -0.05) is 24.3 Å². The fourth-order valence-corrected chi connectivity index (χ4v) is 4.14. The normalized spacial score (nSPS) is 14.8. The van der Waals surface area contributed by atoms with Gasteiger partial charge in [0.05, 0.1) is 12.2 Å². The summed E-state index contributed by atoms with van der Waals surface area (Å²) in [5.41, 5.74) is 8.47. The van der Waals surface area contributed by atoms with Gasteiger partial charge in [-0.3, -0.25) is 0 Å². The van der Waals surface area contributed by atoms with E-state index >= 15 is 0 Å². The molecule has 1 aliphatic heterocycles. The summed E-state index contributed by atoms with van der Waals surface area (Å²) in [4.78, 5) is 3.78. The molecule has 5 heteroatoms. The van der Waals surface area contributed by atoms with Gasteiger partial charge in [-0.15, -0.1) is 11.8 Å². The van der Waals surface area contributed by atoms with Crippen LogP contribution in [0.2, 0.25) is 0 Å². The van der Waals surface area contributed by atoms with Crippen LogP contribution in [0.5, 0.6) is 5.75 Å². The SMILES string of the molecule is CCOC(N)CCc1ccc(OCCN2CCSc3ccccc32)cc1. The minimum atomic E-state index is -0.179. The van der Waals surface area contributed by atoms with E-state index in [1.165, 1.54) is 16.1 Å². The topological polar surface area (TPSA) is 47.7 Å². The summed E-state index contributed by atoms with van der Waals surface area (Å²) >= 11 is 1.93. The first-order valence-corrected chi connectivity index (χ1v) is 10.3. The standard InChI is InChI=1S/C21H28N2O2S/c1-2-24-21(22)12-9-17-7-10-18(11-8-17)25-15-13-23-14-16-26-20-6-4-3-5-19(20)23/h3-8,10-11,21H,2,9,12-16,22H2,1H3. The third kappa shape index (κ3) is 5.40. The summed E-state index contributed by atoms with van der Waals surface area (Å²) < 4.78 is 11.3. The van der Waals surface area contributed by atoms with Gasteiger partial charge in [-0.25, -0.2) is 0 Å². The maximum Gasteiger partial charge on any atom is 0.119 e. The van der Waals surface area contributed by atoms with Gasteiger partial charge in [0.15, 0.2) is 0 Å². The van der Waals surface area contributed by atoms with E-state index in [9.17, 15) is 0 Å². The minimum absolute atomic E-state index is 0.179. The molecule has 0 bridgehead atoms. The first-order chi connectivity index (χ1) is 12.8. The Morgan fingerprint density at radius 1 is 1.15 bits per heavy atom. The van der Waals surface area contributed by atoms with Crippen molar-refractivity contribution in [1.29, 1.82) is 0 Å². The molecule has 4 nitrogen and oxygen atoms in total. The monoisotopic (exact) mass is 372 g/mol. The highest BCUT2D eigenvalue weighted by atomic mass is 32.2. The van der Waals surface area contributed by atoms with E-state index < -0.39 is 0 Å². The molecule has 0 aliphatic carbocycles. The predicted molar refractivity (Wildman–Crippen MR) is 109 cm³/mol. The summed E-state index contributed by atoms with van der Waals surface area (Å²) in [6.45, 7) is 5.29. The second kappa shape index (κ2) is 9.86. The van der Waals surface area contributed by atoms with Crippen LogP contribution in [0.15, 0.2) is 53.4 Å².